The topological polar surface area (TPSA) is 188 Å². The number of H-pyrrole nitrogens is 1. The molecule has 0 spiro atoms. The number of aliphatic carboxylic acids is 1. The van der Waals surface area contributed by atoms with Crippen molar-refractivity contribution in [3.8, 4) is 0 Å². The van der Waals surface area contributed by atoms with Crippen LogP contribution in [0.15, 0.2) is 35.3 Å². The molecule has 1 atom stereocenters. The maximum Gasteiger partial charge on any atom is 0.326 e. The Labute approximate surface area is 207 Å². The highest BCUT2D eigenvalue weighted by molar-refractivity contribution is 5.96. The number of hydrogen-bond acceptors (Lipinski definition) is 9. The van der Waals surface area contributed by atoms with Crippen molar-refractivity contribution in [1.82, 2.24) is 30.6 Å². The van der Waals surface area contributed by atoms with Crippen LogP contribution in [0.3, 0.4) is 0 Å². The van der Waals surface area contributed by atoms with Gasteiger partial charge in [0.15, 0.2) is 11.2 Å². The van der Waals surface area contributed by atoms with Gasteiger partial charge in [-0.3, -0.25) is 14.6 Å². The first-order valence-corrected chi connectivity index (χ1v) is 12.0. The summed E-state index contributed by atoms with van der Waals surface area (Å²) in [6, 6.07) is 6.32. The molecule has 190 valence electrons. The Morgan fingerprint density at radius 3 is 2.64 bits per heavy atom. The minimum Gasteiger partial charge on any atom is -0.480 e. The lowest BCUT2D eigenvalue weighted by molar-refractivity contribution is -0.139. The number of fused-ring (bicyclic) bond motifs is 1. The largest absolute Gasteiger partial charge is 0.480 e. The number of nitrogens with one attached hydrogen (secondary N) is 4. The molecule has 7 N–H and O–H groups in total. The molecule has 4 rings (SSSR count). The van der Waals surface area contributed by atoms with E-state index in [9.17, 15) is 19.5 Å². The molecule has 36 heavy (non-hydrogen) atoms. The monoisotopic (exact) mass is 494 g/mol. The van der Waals surface area contributed by atoms with Crippen LogP contribution in [0, 0.1) is 0 Å². The standard InChI is InChI=1S/C24H30N8O4/c25-24-31-20-19(22(34)32-24)29-17(13-28-20)12-27-16-9-7-14(8-10-16)21(33)30-18(23(35)36)6-1-2-11-26-15-4-3-5-15/h7-10,13,15,18,26-27H,1-6,11-12H2,(H,30,33)(H,35,36)(H3,25,28,31,32,34)/t18-/m0/s1. The summed E-state index contributed by atoms with van der Waals surface area (Å²) in [6.45, 7) is 1.15. The molecular weight excluding hydrogens is 464 g/mol. The van der Waals surface area contributed by atoms with Gasteiger partial charge < -0.3 is 26.8 Å². The zero-order valence-electron chi connectivity index (χ0n) is 19.8. The molecule has 1 saturated carbocycles. The number of aromatic nitrogens is 4. The number of hydrogen-bond donors (Lipinski definition) is 6. The second-order valence-corrected chi connectivity index (χ2v) is 8.86. The Morgan fingerprint density at radius 2 is 1.94 bits per heavy atom. The molecule has 1 aromatic carbocycles. The number of benzene rings is 1. The van der Waals surface area contributed by atoms with E-state index in [2.05, 4.69) is 35.9 Å². The molecule has 0 unspecified atom stereocenters. The van der Waals surface area contributed by atoms with Crippen LogP contribution >= 0.6 is 0 Å². The molecule has 2 heterocycles. The van der Waals surface area contributed by atoms with Crippen LogP contribution in [-0.2, 0) is 11.3 Å². The molecule has 0 saturated heterocycles. The van der Waals surface area contributed by atoms with Crippen LogP contribution in [0.5, 0.6) is 0 Å². The lowest BCUT2D eigenvalue weighted by Crippen LogP contribution is -2.41. The predicted octanol–water partition coefficient (Wildman–Crippen LogP) is 1.40. The third kappa shape index (κ3) is 6.54. The van der Waals surface area contributed by atoms with E-state index in [0.29, 0.717) is 35.8 Å². The highest BCUT2D eigenvalue weighted by Crippen LogP contribution is 2.18. The summed E-state index contributed by atoms with van der Waals surface area (Å²) in [5, 5.41) is 18.7. The maximum absolute atomic E-state index is 12.6. The number of carboxylic acids is 1. The van der Waals surface area contributed by atoms with Crippen molar-refractivity contribution in [1.29, 1.82) is 0 Å². The lowest BCUT2D eigenvalue weighted by atomic mass is 9.93. The number of carboxylic acid groups (broad SMARTS) is 1. The first kappa shape index (κ1) is 25.0. The number of carbonyl (C=O) groups is 2. The highest BCUT2D eigenvalue weighted by atomic mass is 16.4. The van der Waals surface area contributed by atoms with Crippen molar-refractivity contribution < 1.29 is 14.7 Å². The van der Waals surface area contributed by atoms with Gasteiger partial charge in [0.25, 0.3) is 11.5 Å². The summed E-state index contributed by atoms with van der Waals surface area (Å²) in [7, 11) is 0. The number of carbonyl (C=O) groups excluding carboxylic acids is 1. The molecule has 1 aliphatic rings. The average molecular weight is 495 g/mol. The number of nitrogens with two attached hydrogens (primary N) is 1. The fourth-order valence-electron chi connectivity index (χ4n) is 3.88. The Kier molecular flexibility index (Phi) is 8.06. The molecular formula is C24H30N8O4. The van der Waals surface area contributed by atoms with E-state index >= 15 is 0 Å². The molecule has 3 aromatic rings. The van der Waals surface area contributed by atoms with Crippen LogP contribution in [0.2, 0.25) is 0 Å². The first-order chi connectivity index (χ1) is 17.4. The van der Waals surface area contributed by atoms with E-state index < -0.39 is 23.5 Å². The van der Waals surface area contributed by atoms with E-state index in [1.807, 2.05) is 0 Å². The van der Waals surface area contributed by atoms with Gasteiger partial charge in [-0.1, -0.05) is 6.42 Å². The molecule has 1 amide bonds. The number of nitrogen functional groups attached to an aromatic ring is 1. The lowest BCUT2D eigenvalue weighted by Gasteiger charge is -2.26. The fraction of sp³-hybridized carbons (Fsp3) is 0.417. The van der Waals surface area contributed by atoms with E-state index in [1.165, 1.54) is 25.5 Å². The first-order valence-electron chi connectivity index (χ1n) is 12.0. The SMILES string of the molecule is Nc1nc2ncc(CNc3ccc(C(=O)N[C@@H](CCCCNC4CCC4)C(=O)O)cc3)nc2c(=O)[nH]1. The molecule has 2 aromatic heterocycles. The van der Waals surface area contributed by atoms with E-state index in [1.54, 1.807) is 24.3 Å². The van der Waals surface area contributed by atoms with Crippen LogP contribution in [0.4, 0.5) is 11.6 Å². The van der Waals surface area contributed by atoms with Gasteiger partial charge in [-0.25, -0.2) is 14.8 Å². The highest BCUT2D eigenvalue weighted by Gasteiger charge is 2.21. The van der Waals surface area contributed by atoms with Crippen molar-refractivity contribution in [2.45, 2.75) is 57.2 Å². The summed E-state index contributed by atoms with van der Waals surface area (Å²) in [5.41, 5.74) is 6.91. The number of anilines is 2. The van der Waals surface area contributed by atoms with Crippen molar-refractivity contribution in [3.05, 3.63) is 52.1 Å². The smallest absolute Gasteiger partial charge is 0.326 e. The van der Waals surface area contributed by atoms with Crippen molar-refractivity contribution >= 4 is 34.7 Å². The number of nitrogens with zero attached hydrogens (tertiary/aromatic N) is 3. The minimum absolute atomic E-state index is 0.0250. The van der Waals surface area contributed by atoms with Crippen LogP contribution in [0.25, 0.3) is 11.2 Å². The molecule has 12 nitrogen and oxygen atoms in total. The van der Waals surface area contributed by atoms with Gasteiger partial charge in [-0.05, 0) is 62.9 Å². The summed E-state index contributed by atoms with van der Waals surface area (Å²) in [5.74, 6) is -1.50. The van der Waals surface area contributed by atoms with Crippen molar-refractivity contribution in [2.75, 3.05) is 17.6 Å². The zero-order chi connectivity index (χ0) is 25.5. The molecule has 0 bridgehead atoms. The van der Waals surface area contributed by atoms with E-state index in [-0.39, 0.29) is 23.7 Å². The maximum atomic E-state index is 12.6. The van der Waals surface area contributed by atoms with Gasteiger partial charge >= 0.3 is 5.97 Å². The van der Waals surface area contributed by atoms with Gasteiger partial charge in [0, 0.05) is 17.3 Å². The summed E-state index contributed by atoms with van der Waals surface area (Å²) in [6.07, 6.45) is 7.17. The second-order valence-electron chi connectivity index (χ2n) is 8.86. The average Bonchev–Trinajstić information content (AvgIpc) is 2.83. The zero-order valence-corrected chi connectivity index (χ0v) is 19.8. The Hall–Kier alpha value is -4.06. The van der Waals surface area contributed by atoms with Crippen LogP contribution < -0.4 is 27.2 Å². The Balaban J connectivity index is 1.26. The molecule has 1 aliphatic carbocycles. The number of unbranched alkanes of at least 4 members (excludes halogenated alkanes) is 1. The fourth-order valence-corrected chi connectivity index (χ4v) is 3.88. The summed E-state index contributed by atoms with van der Waals surface area (Å²) < 4.78 is 0. The van der Waals surface area contributed by atoms with Gasteiger partial charge in [0.2, 0.25) is 5.95 Å². The van der Waals surface area contributed by atoms with Crippen LogP contribution in [0.1, 0.15) is 54.6 Å². The van der Waals surface area contributed by atoms with Gasteiger partial charge in [0.1, 0.15) is 6.04 Å². The third-order valence-corrected chi connectivity index (χ3v) is 6.17. The molecule has 0 aliphatic heterocycles. The minimum atomic E-state index is -1.04. The normalized spacial score (nSPS) is 14.2. The Morgan fingerprint density at radius 1 is 1.17 bits per heavy atom. The van der Waals surface area contributed by atoms with Crippen molar-refractivity contribution in [2.24, 2.45) is 0 Å². The quantitative estimate of drug-likeness (QED) is 0.201. The van der Waals surface area contributed by atoms with Gasteiger partial charge in [-0.15, -0.1) is 0 Å². The van der Waals surface area contributed by atoms with Crippen molar-refractivity contribution in [3.63, 3.8) is 0 Å². The third-order valence-electron chi connectivity index (χ3n) is 6.17. The number of aromatic amines is 1. The summed E-state index contributed by atoms with van der Waals surface area (Å²) >= 11 is 0. The number of rotatable bonds is 12. The number of amides is 1. The molecule has 0 radical (unpaired) electrons. The van der Waals surface area contributed by atoms with E-state index in [4.69, 9.17) is 5.73 Å². The summed E-state index contributed by atoms with van der Waals surface area (Å²) in [4.78, 5) is 50.9. The molecule has 1 fully saturated rings. The van der Waals surface area contributed by atoms with Gasteiger partial charge in [-0.2, -0.15) is 4.98 Å². The second kappa shape index (κ2) is 11.6. The Bertz CT molecular complexity index is 1270. The van der Waals surface area contributed by atoms with Crippen LogP contribution in [-0.4, -0.2) is 55.5 Å². The van der Waals surface area contributed by atoms with Gasteiger partial charge in [0.05, 0.1) is 18.4 Å². The molecule has 12 heteroatoms. The van der Waals surface area contributed by atoms with E-state index in [0.717, 1.165) is 13.0 Å². The predicted molar refractivity (Wildman–Crippen MR) is 135 cm³/mol.